The van der Waals surface area contributed by atoms with Crippen LogP contribution in [0.3, 0.4) is 0 Å². The Kier molecular flexibility index (Phi) is 4.04. The number of hydrogen-bond acceptors (Lipinski definition) is 4. The summed E-state index contributed by atoms with van der Waals surface area (Å²) < 4.78 is 0. The molecule has 2 N–H and O–H groups in total. The lowest BCUT2D eigenvalue weighted by atomic mass is 10.1. The van der Waals surface area contributed by atoms with Crippen molar-refractivity contribution >= 4 is 11.4 Å². The van der Waals surface area contributed by atoms with Crippen LogP contribution in [0.5, 0.6) is 0 Å². The molecule has 19 heavy (non-hydrogen) atoms. The number of nitro benzene ring substituents is 1. The Balaban J connectivity index is 2.15. The second-order valence-corrected chi connectivity index (χ2v) is 5.31. The van der Waals surface area contributed by atoms with Crippen LogP contribution < -0.4 is 5.73 Å². The van der Waals surface area contributed by atoms with Crippen LogP contribution in [0.25, 0.3) is 0 Å². The molecule has 0 amide bonds. The van der Waals surface area contributed by atoms with Gasteiger partial charge in [-0.3, -0.25) is 15.0 Å². The molecular weight excluding hydrogens is 242 g/mol. The number of benzene rings is 1. The van der Waals surface area contributed by atoms with Crippen LogP contribution >= 0.6 is 0 Å². The molecule has 0 saturated carbocycles. The number of hydrogen-bond donors (Lipinski definition) is 1. The molecule has 0 radical (unpaired) electrons. The lowest BCUT2D eigenvalue weighted by Gasteiger charge is -2.27. The van der Waals surface area contributed by atoms with Crippen molar-refractivity contribution in [3.05, 3.63) is 33.9 Å². The quantitative estimate of drug-likeness (QED) is 0.515. The highest BCUT2D eigenvalue weighted by molar-refractivity contribution is 5.59. The molecule has 1 saturated heterocycles. The number of nitro groups is 1. The normalized spacial score (nSPS) is 23.7. The summed E-state index contributed by atoms with van der Waals surface area (Å²) in [4.78, 5) is 12.8. The molecule has 5 heteroatoms. The van der Waals surface area contributed by atoms with E-state index in [4.69, 9.17) is 5.73 Å². The Labute approximate surface area is 113 Å². The second-order valence-electron chi connectivity index (χ2n) is 5.31. The highest BCUT2D eigenvalue weighted by Crippen LogP contribution is 2.29. The fourth-order valence-corrected chi connectivity index (χ4v) is 2.93. The van der Waals surface area contributed by atoms with E-state index in [1.807, 2.05) is 6.07 Å². The molecule has 0 spiro atoms. The molecule has 2 atom stereocenters. The van der Waals surface area contributed by atoms with Gasteiger partial charge in [-0.2, -0.15) is 0 Å². The lowest BCUT2D eigenvalue weighted by molar-refractivity contribution is -0.383. The molecule has 104 valence electrons. The van der Waals surface area contributed by atoms with Crippen LogP contribution in [-0.2, 0) is 6.54 Å². The van der Waals surface area contributed by atoms with Crippen molar-refractivity contribution in [3.63, 3.8) is 0 Å². The molecule has 0 aromatic heterocycles. The van der Waals surface area contributed by atoms with Crippen LogP contribution in [0.4, 0.5) is 11.4 Å². The minimum Gasteiger partial charge on any atom is -0.393 e. The molecule has 1 aromatic rings. The van der Waals surface area contributed by atoms with Gasteiger partial charge in [0.05, 0.1) is 4.92 Å². The Morgan fingerprint density at radius 2 is 2.21 bits per heavy atom. The van der Waals surface area contributed by atoms with Gasteiger partial charge in [0.25, 0.3) is 5.69 Å². The van der Waals surface area contributed by atoms with Gasteiger partial charge in [0.1, 0.15) is 5.69 Å². The first-order chi connectivity index (χ1) is 9.02. The standard InChI is InChI=1S/C14H21N3O2/c1-3-12-6-4-10(2)16(12)9-11-5-7-14(17(18)19)13(15)8-11/h5,7-8,10,12H,3-4,6,9,15H2,1-2H3. The predicted molar refractivity (Wildman–Crippen MR) is 75.8 cm³/mol. The maximum atomic E-state index is 10.7. The van der Waals surface area contributed by atoms with Crippen molar-refractivity contribution in [1.82, 2.24) is 4.90 Å². The van der Waals surface area contributed by atoms with E-state index in [1.54, 1.807) is 6.07 Å². The summed E-state index contributed by atoms with van der Waals surface area (Å²) in [6, 6.07) is 6.24. The van der Waals surface area contributed by atoms with Gasteiger partial charge in [-0.1, -0.05) is 13.0 Å². The Bertz CT molecular complexity index is 476. The first kappa shape index (κ1) is 13.8. The van der Waals surface area contributed by atoms with Crippen LogP contribution in [0.15, 0.2) is 18.2 Å². The monoisotopic (exact) mass is 263 g/mol. The van der Waals surface area contributed by atoms with Gasteiger partial charge in [-0.25, -0.2) is 0 Å². The van der Waals surface area contributed by atoms with E-state index in [1.165, 1.54) is 18.9 Å². The summed E-state index contributed by atoms with van der Waals surface area (Å²) in [5, 5.41) is 10.7. The smallest absolute Gasteiger partial charge is 0.292 e. The third-order valence-electron chi connectivity index (χ3n) is 4.08. The van der Waals surface area contributed by atoms with Gasteiger partial charge >= 0.3 is 0 Å². The molecular formula is C14H21N3O2. The van der Waals surface area contributed by atoms with Crippen LogP contribution in [0.2, 0.25) is 0 Å². The lowest BCUT2D eigenvalue weighted by Crippen LogP contribution is -2.33. The van der Waals surface area contributed by atoms with Crippen LogP contribution in [-0.4, -0.2) is 21.9 Å². The van der Waals surface area contributed by atoms with E-state index >= 15 is 0 Å². The molecule has 5 nitrogen and oxygen atoms in total. The number of anilines is 1. The number of nitrogen functional groups attached to an aromatic ring is 1. The SMILES string of the molecule is CCC1CCC(C)N1Cc1ccc([N+](=O)[O-])c(N)c1. The molecule has 1 fully saturated rings. The summed E-state index contributed by atoms with van der Waals surface area (Å²) in [5.74, 6) is 0. The highest BCUT2D eigenvalue weighted by Gasteiger charge is 2.29. The first-order valence-corrected chi connectivity index (χ1v) is 6.81. The maximum Gasteiger partial charge on any atom is 0.292 e. The first-order valence-electron chi connectivity index (χ1n) is 6.81. The van der Waals surface area contributed by atoms with Crippen molar-refractivity contribution in [2.75, 3.05) is 5.73 Å². The van der Waals surface area contributed by atoms with Gasteiger partial charge in [-0.15, -0.1) is 0 Å². The summed E-state index contributed by atoms with van der Waals surface area (Å²) in [7, 11) is 0. The zero-order valence-electron chi connectivity index (χ0n) is 11.5. The van der Waals surface area contributed by atoms with E-state index in [0.717, 1.165) is 18.5 Å². The third-order valence-corrected chi connectivity index (χ3v) is 4.08. The summed E-state index contributed by atoms with van der Waals surface area (Å²) in [6.45, 7) is 5.27. The summed E-state index contributed by atoms with van der Waals surface area (Å²) in [5.41, 5.74) is 7.03. The minimum absolute atomic E-state index is 0.00902. The summed E-state index contributed by atoms with van der Waals surface area (Å²) >= 11 is 0. The molecule has 0 aliphatic carbocycles. The number of nitrogens with zero attached hydrogens (tertiary/aromatic N) is 2. The number of rotatable bonds is 4. The van der Waals surface area contributed by atoms with Gasteiger partial charge in [-0.05, 0) is 37.8 Å². The van der Waals surface area contributed by atoms with E-state index in [2.05, 4.69) is 18.7 Å². The molecule has 2 rings (SSSR count). The van der Waals surface area contributed by atoms with Crippen molar-refractivity contribution in [2.24, 2.45) is 0 Å². The zero-order valence-corrected chi connectivity index (χ0v) is 11.5. The molecule has 0 bridgehead atoms. The van der Waals surface area contributed by atoms with Gasteiger partial charge < -0.3 is 5.73 Å². The highest BCUT2D eigenvalue weighted by atomic mass is 16.6. The number of likely N-dealkylation sites (tertiary alicyclic amines) is 1. The second kappa shape index (κ2) is 5.57. The third kappa shape index (κ3) is 2.87. The molecule has 1 heterocycles. The predicted octanol–water partition coefficient (Wildman–Crippen LogP) is 2.94. The van der Waals surface area contributed by atoms with Crippen LogP contribution in [0.1, 0.15) is 38.7 Å². The van der Waals surface area contributed by atoms with E-state index in [-0.39, 0.29) is 11.4 Å². The number of nitrogens with two attached hydrogens (primary N) is 1. The molecule has 1 aromatic carbocycles. The Hall–Kier alpha value is -1.62. The van der Waals surface area contributed by atoms with E-state index in [0.29, 0.717) is 12.1 Å². The molecule has 1 aliphatic rings. The van der Waals surface area contributed by atoms with Gasteiger partial charge in [0, 0.05) is 24.7 Å². The van der Waals surface area contributed by atoms with E-state index < -0.39 is 4.92 Å². The average molecular weight is 263 g/mol. The Morgan fingerprint density at radius 3 is 2.79 bits per heavy atom. The zero-order chi connectivity index (χ0) is 14.0. The van der Waals surface area contributed by atoms with Crippen LogP contribution in [0, 0.1) is 10.1 Å². The average Bonchev–Trinajstić information content (AvgIpc) is 2.70. The van der Waals surface area contributed by atoms with Crippen molar-refractivity contribution in [2.45, 2.75) is 51.7 Å². The summed E-state index contributed by atoms with van der Waals surface area (Å²) in [6.07, 6.45) is 3.61. The van der Waals surface area contributed by atoms with Crippen molar-refractivity contribution < 1.29 is 4.92 Å². The molecule has 1 aliphatic heterocycles. The largest absolute Gasteiger partial charge is 0.393 e. The van der Waals surface area contributed by atoms with Gasteiger partial charge in [0.2, 0.25) is 0 Å². The fourth-order valence-electron chi connectivity index (χ4n) is 2.93. The van der Waals surface area contributed by atoms with E-state index in [9.17, 15) is 10.1 Å². The Morgan fingerprint density at radius 1 is 1.47 bits per heavy atom. The fraction of sp³-hybridized carbons (Fsp3) is 0.571. The van der Waals surface area contributed by atoms with Crippen molar-refractivity contribution in [1.29, 1.82) is 0 Å². The minimum atomic E-state index is -0.438. The maximum absolute atomic E-state index is 10.7. The topological polar surface area (TPSA) is 72.4 Å². The van der Waals surface area contributed by atoms with Gasteiger partial charge in [0.15, 0.2) is 0 Å². The molecule has 2 unspecified atom stereocenters. The van der Waals surface area contributed by atoms with Crippen molar-refractivity contribution in [3.8, 4) is 0 Å².